The van der Waals surface area contributed by atoms with Crippen molar-refractivity contribution in [3.05, 3.63) is 53.2 Å². The molecule has 12 nitrogen and oxygen atoms in total. The van der Waals surface area contributed by atoms with Crippen molar-refractivity contribution >= 4 is 60.3 Å². The van der Waals surface area contributed by atoms with Gasteiger partial charge in [-0.3, -0.25) is 4.90 Å². The minimum Gasteiger partial charge on any atom is -0.494 e. The van der Waals surface area contributed by atoms with Crippen LogP contribution in [0.5, 0.6) is 5.75 Å². The van der Waals surface area contributed by atoms with Crippen molar-refractivity contribution in [1.82, 2.24) is 19.8 Å². The number of methoxy groups -OCH3 is 1. The molecule has 45 heavy (non-hydrogen) atoms. The van der Waals surface area contributed by atoms with E-state index < -0.39 is 19.9 Å². The van der Waals surface area contributed by atoms with E-state index in [2.05, 4.69) is 37.0 Å². The van der Waals surface area contributed by atoms with E-state index in [1.807, 2.05) is 19.1 Å². The summed E-state index contributed by atoms with van der Waals surface area (Å²) in [4.78, 5) is 15.9. The third kappa shape index (κ3) is 7.46. The Bertz CT molecular complexity index is 1760. The number of nitrogens with one attached hydrogen (secondary N) is 1. The van der Waals surface area contributed by atoms with Gasteiger partial charge >= 0.3 is 0 Å². The lowest BCUT2D eigenvalue weighted by Crippen LogP contribution is -2.52. The van der Waals surface area contributed by atoms with Gasteiger partial charge in [0.15, 0.2) is 15.7 Å². The van der Waals surface area contributed by atoms with E-state index in [1.54, 1.807) is 13.2 Å². The van der Waals surface area contributed by atoms with Crippen molar-refractivity contribution in [2.45, 2.75) is 30.7 Å². The largest absolute Gasteiger partial charge is 0.494 e. The van der Waals surface area contributed by atoms with Crippen molar-refractivity contribution in [3.8, 4) is 5.75 Å². The van der Waals surface area contributed by atoms with Crippen molar-refractivity contribution in [3.63, 3.8) is 0 Å². The normalized spacial score (nSPS) is 17.3. The Morgan fingerprint density at radius 3 is 2.29 bits per heavy atom. The molecule has 0 aliphatic carbocycles. The van der Waals surface area contributed by atoms with E-state index in [9.17, 15) is 16.8 Å². The highest BCUT2D eigenvalue weighted by Gasteiger charge is 2.30. The Morgan fingerprint density at radius 1 is 1.00 bits per heavy atom. The number of aryl methyl sites for hydroxylation is 1. The number of sulfonamides is 1. The fourth-order valence-corrected chi connectivity index (χ4v) is 8.13. The smallest absolute Gasteiger partial charge is 0.237 e. The van der Waals surface area contributed by atoms with Gasteiger partial charge in [0.1, 0.15) is 10.8 Å². The van der Waals surface area contributed by atoms with Crippen LogP contribution in [0, 0.1) is 6.92 Å². The minimum atomic E-state index is -4.09. The van der Waals surface area contributed by atoms with Crippen LogP contribution in [0.1, 0.15) is 18.4 Å². The molecule has 0 unspecified atom stereocenters. The van der Waals surface area contributed by atoms with Crippen LogP contribution in [-0.2, 0) is 19.9 Å². The van der Waals surface area contributed by atoms with Gasteiger partial charge in [-0.1, -0.05) is 23.7 Å². The number of para-hydroxylation sites is 1. The fourth-order valence-electron chi connectivity index (χ4n) is 6.01. The summed E-state index contributed by atoms with van der Waals surface area (Å²) < 4.78 is 57.7. The SMILES string of the molecule is COc1cc(N2CCC(N3CCN(C)CC3)CC2)c(C)cc1Nc1ncc(Cl)c(N(c2ccccc2S(C)(=O)=O)S(C)(=O)=O)n1. The van der Waals surface area contributed by atoms with Crippen molar-refractivity contribution in [1.29, 1.82) is 0 Å². The number of aromatic nitrogens is 2. The number of halogens is 1. The second-order valence-electron chi connectivity index (χ2n) is 11.7. The summed E-state index contributed by atoms with van der Waals surface area (Å²) in [5, 5.41) is 3.07. The molecule has 0 spiro atoms. The van der Waals surface area contributed by atoms with Crippen molar-refractivity contribution in [2.75, 3.05) is 80.5 Å². The molecule has 2 saturated heterocycles. The van der Waals surface area contributed by atoms with Gasteiger partial charge in [0, 0.05) is 63.3 Å². The molecule has 1 N–H and O–H groups in total. The monoisotopic (exact) mass is 677 g/mol. The molecule has 15 heteroatoms. The van der Waals surface area contributed by atoms with Gasteiger partial charge in [0.2, 0.25) is 16.0 Å². The third-order valence-electron chi connectivity index (χ3n) is 8.36. The molecular formula is C30H40ClN7O5S2. The number of hydrogen-bond donors (Lipinski definition) is 1. The molecule has 5 rings (SSSR count). The van der Waals surface area contributed by atoms with Crippen LogP contribution in [0.25, 0.3) is 0 Å². The zero-order valence-corrected chi connectivity index (χ0v) is 28.6. The molecule has 0 bridgehead atoms. The summed E-state index contributed by atoms with van der Waals surface area (Å²) in [7, 11) is -4.11. The summed E-state index contributed by atoms with van der Waals surface area (Å²) in [6.07, 6.45) is 5.44. The molecule has 0 saturated carbocycles. The summed E-state index contributed by atoms with van der Waals surface area (Å²) in [6, 6.07) is 10.3. The fraction of sp³-hybridized carbons (Fsp3) is 0.467. The van der Waals surface area contributed by atoms with Crippen LogP contribution in [-0.4, -0.2) is 109 Å². The number of ether oxygens (including phenoxy) is 1. The number of rotatable bonds is 9. The zero-order chi connectivity index (χ0) is 32.5. The van der Waals surface area contributed by atoms with Crippen LogP contribution >= 0.6 is 11.6 Å². The molecule has 3 aromatic rings. The van der Waals surface area contributed by atoms with Gasteiger partial charge in [-0.25, -0.2) is 26.1 Å². The van der Waals surface area contributed by atoms with Crippen LogP contribution in [0.15, 0.2) is 47.5 Å². The zero-order valence-electron chi connectivity index (χ0n) is 26.2. The topological polar surface area (TPSA) is 128 Å². The lowest BCUT2D eigenvalue weighted by atomic mass is 10.0. The Hall–Kier alpha value is -3.17. The number of benzene rings is 2. The van der Waals surface area contributed by atoms with Gasteiger partial charge in [-0.05, 0) is 50.6 Å². The highest BCUT2D eigenvalue weighted by molar-refractivity contribution is 7.93. The molecule has 244 valence electrons. The number of hydrogen-bond acceptors (Lipinski definition) is 11. The molecule has 1 aromatic heterocycles. The molecule has 2 aromatic carbocycles. The Balaban J connectivity index is 1.41. The molecule has 3 heterocycles. The molecule has 0 atom stereocenters. The first-order chi connectivity index (χ1) is 21.3. The van der Waals surface area contributed by atoms with Gasteiger partial charge in [0.25, 0.3) is 0 Å². The number of sulfone groups is 1. The predicted octanol–water partition coefficient (Wildman–Crippen LogP) is 3.91. The van der Waals surface area contributed by atoms with Crippen LogP contribution < -0.4 is 19.3 Å². The number of piperidine rings is 1. The lowest BCUT2D eigenvalue weighted by molar-refractivity contribution is 0.0982. The summed E-state index contributed by atoms with van der Waals surface area (Å²) in [5.74, 6) is 0.431. The number of anilines is 5. The van der Waals surface area contributed by atoms with Crippen LogP contribution in [0.3, 0.4) is 0 Å². The average Bonchev–Trinajstić information content (AvgIpc) is 2.99. The predicted molar refractivity (Wildman–Crippen MR) is 179 cm³/mol. The number of likely N-dealkylation sites (N-methyl/N-ethyl adjacent to an activating group) is 1. The maximum Gasteiger partial charge on any atom is 0.237 e. The minimum absolute atomic E-state index is 0.0540. The van der Waals surface area contributed by atoms with E-state index in [0.717, 1.165) is 80.2 Å². The molecule has 2 fully saturated rings. The van der Waals surface area contributed by atoms with E-state index in [1.165, 1.54) is 24.4 Å². The lowest BCUT2D eigenvalue weighted by Gasteiger charge is -2.43. The molecule has 0 amide bonds. The summed E-state index contributed by atoms with van der Waals surface area (Å²) in [5.41, 5.74) is 2.61. The summed E-state index contributed by atoms with van der Waals surface area (Å²) in [6.45, 7) is 8.41. The first-order valence-corrected chi connectivity index (χ1v) is 18.8. The second-order valence-corrected chi connectivity index (χ2v) is 15.9. The standard InChI is InChI=1S/C30H40ClN7O5S2/c1-21-18-24(27(43-3)19-26(21)37-12-10-22(11-13-37)36-16-14-35(2)15-17-36)33-30-32-20-23(31)29(34-30)38(45(5,41)42)25-8-6-7-9-28(25)44(4,39)40/h6-9,18-20,22H,10-17H2,1-5H3,(H,32,33,34). The van der Waals surface area contributed by atoms with E-state index in [4.69, 9.17) is 16.3 Å². The third-order valence-corrected chi connectivity index (χ3v) is 10.8. The average molecular weight is 678 g/mol. The van der Waals surface area contributed by atoms with E-state index >= 15 is 0 Å². The molecule has 0 radical (unpaired) electrons. The quantitative estimate of drug-likeness (QED) is 0.354. The van der Waals surface area contributed by atoms with Gasteiger partial charge in [0.05, 0.1) is 35.8 Å². The molecule has 2 aliphatic heterocycles. The van der Waals surface area contributed by atoms with Crippen molar-refractivity contribution < 1.29 is 21.6 Å². The highest BCUT2D eigenvalue weighted by Crippen LogP contribution is 2.39. The maximum absolute atomic E-state index is 13.1. The Morgan fingerprint density at radius 2 is 1.67 bits per heavy atom. The molecule has 2 aliphatic rings. The van der Waals surface area contributed by atoms with Crippen LogP contribution in [0.2, 0.25) is 5.02 Å². The van der Waals surface area contributed by atoms with E-state index in [-0.39, 0.29) is 27.4 Å². The number of nitrogens with zero attached hydrogens (tertiary/aromatic N) is 6. The van der Waals surface area contributed by atoms with Crippen molar-refractivity contribution in [2.24, 2.45) is 0 Å². The Labute approximate surface area is 270 Å². The van der Waals surface area contributed by atoms with Gasteiger partial charge in [-0.2, -0.15) is 4.98 Å². The first-order valence-electron chi connectivity index (χ1n) is 14.7. The van der Waals surface area contributed by atoms with Gasteiger partial charge < -0.3 is 19.9 Å². The number of piperazine rings is 1. The van der Waals surface area contributed by atoms with E-state index in [0.29, 0.717) is 17.5 Å². The highest BCUT2D eigenvalue weighted by atomic mass is 35.5. The first kappa shape index (κ1) is 33.2. The van der Waals surface area contributed by atoms with Gasteiger partial charge in [-0.15, -0.1) is 0 Å². The summed E-state index contributed by atoms with van der Waals surface area (Å²) >= 11 is 6.43. The Kier molecular flexibility index (Phi) is 9.80. The second kappa shape index (κ2) is 13.3. The van der Waals surface area contributed by atoms with Crippen LogP contribution in [0.4, 0.5) is 28.8 Å². The molecular weight excluding hydrogens is 638 g/mol. The maximum atomic E-state index is 13.1.